The molecule has 2 aromatic rings. The summed E-state index contributed by atoms with van der Waals surface area (Å²) in [6.45, 7) is 3.95. The highest BCUT2D eigenvalue weighted by atomic mass is 35.5. The number of nitrogens with zero attached hydrogens (tertiary/aromatic N) is 1. The molecule has 0 radical (unpaired) electrons. The van der Waals surface area contributed by atoms with E-state index in [2.05, 4.69) is 4.98 Å². The number of benzene rings is 1. The Morgan fingerprint density at radius 2 is 2.26 bits per heavy atom. The molecular formula is C14H17ClN2OS. The van der Waals surface area contributed by atoms with Crippen molar-refractivity contribution < 1.29 is 4.74 Å². The molecule has 2 N–H and O–H groups in total. The second kappa shape index (κ2) is 6.37. The fourth-order valence-electron chi connectivity index (χ4n) is 1.75. The maximum atomic E-state index is 6.15. The number of hydrogen-bond donors (Lipinski definition) is 1. The molecular weight excluding hydrogens is 280 g/mol. The highest BCUT2D eigenvalue weighted by Gasteiger charge is 2.16. The molecule has 0 aliphatic carbocycles. The van der Waals surface area contributed by atoms with Crippen LogP contribution in [0.5, 0.6) is 5.75 Å². The van der Waals surface area contributed by atoms with Crippen LogP contribution >= 0.6 is 22.9 Å². The summed E-state index contributed by atoms with van der Waals surface area (Å²) in [5.41, 5.74) is 7.18. The minimum absolute atomic E-state index is 0.0968. The van der Waals surface area contributed by atoms with E-state index in [9.17, 15) is 0 Å². The van der Waals surface area contributed by atoms with Crippen LogP contribution in [0.1, 0.15) is 17.6 Å². The van der Waals surface area contributed by atoms with Gasteiger partial charge in [-0.3, -0.25) is 0 Å². The molecule has 0 aliphatic rings. The number of hydrogen-bond acceptors (Lipinski definition) is 4. The van der Waals surface area contributed by atoms with Crippen molar-refractivity contribution in [1.82, 2.24) is 4.98 Å². The Morgan fingerprint density at radius 3 is 2.89 bits per heavy atom. The summed E-state index contributed by atoms with van der Waals surface area (Å²) in [5, 5.41) is 3.76. The van der Waals surface area contributed by atoms with Crippen molar-refractivity contribution in [2.24, 2.45) is 5.73 Å². The maximum absolute atomic E-state index is 6.15. The van der Waals surface area contributed by atoms with Crippen molar-refractivity contribution in [2.45, 2.75) is 32.4 Å². The van der Waals surface area contributed by atoms with Gasteiger partial charge < -0.3 is 10.5 Å². The van der Waals surface area contributed by atoms with Crippen LogP contribution in [0.3, 0.4) is 0 Å². The van der Waals surface area contributed by atoms with Crippen molar-refractivity contribution >= 4 is 22.9 Å². The lowest BCUT2D eigenvalue weighted by atomic mass is 10.1. The van der Waals surface area contributed by atoms with Crippen molar-refractivity contribution in [2.75, 3.05) is 0 Å². The first kappa shape index (κ1) is 14.3. The van der Waals surface area contributed by atoms with Gasteiger partial charge >= 0.3 is 0 Å². The van der Waals surface area contributed by atoms with Crippen molar-refractivity contribution in [3.63, 3.8) is 0 Å². The number of rotatable bonds is 5. The van der Waals surface area contributed by atoms with E-state index >= 15 is 0 Å². The van der Waals surface area contributed by atoms with Crippen molar-refractivity contribution in [3.8, 4) is 5.75 Å². The maximum Gasteiger partial charge on any atom is 0.121 e. The predicted molar refractivity (Wildman–Crippen MR) is 80.1 cm³/mol. The van der Waals surface area contributed by atoms with Crippen LogP contribution in [0.25, 0.3) is 0 Å². The van der Waals surface area contributed by atoms with Gasteiger partial charge in [-0.05, 0) is 32.0 Å². The molecule has 0 amide bonds. The minimum Gasteiger partial charge on any atom is -0.489 e. The molecule has 0 fully saturated rings. The van der Waals surface area contributed by atoms with Gasteiger partial charge in [0.1, 0.15) is 11.9 Å². The van der Waals surface area contributed by atoms with E-state index in [0.29, 0.717) is 11.4 Å². The van der Waals surface area contributed by atoms with E-state index in [0.717, 1.165) is 16.5 Å². The molecule has 2 rings (SSSR count). The number of thiazole rings is 1. The van der Waals surface area contributed by atoms with Gasteiger partial charge in [0, 0.05) is 22.9 Å². The fraction of sp³-hybridized carbons (Fsp3) is 0.357. The number of halogens is 1. The van der Waals surface area contributed by atoms with E-state index in [1.54, 1.807) is 17.4 Å². The average Bonchev–Trinajstić information content (AvgIpc) is 2.74. The first-order valence-electron chi connectivity index (χ1n) is 6.13. The zero-order chi connectivity index (χ0) is 13.8. The van der Waals surface area contributed by atoms with Gasteiger partial charge in [-0.15, -0.1) is 11.3 Å². The highest BCUT2D eigenvalue weighted by Crippen LogP contribution is 2.19. The van der Waals surface area contributed by atoms with E-state index in [-0.39, 0.29) is 12.1 Å². The fourth-order valence-corrected chi connectivity index (χ4v) is 2.56. The second-order valence-corrected chi connectivity index (χ2v) is 6.00. The molecule has 2 unspecified atom stereocenters. The number of aryl methyl sites for hydroxylation is 1. The Hall–Kier alpha value is -1.10. The van der Waals surface area contributed by atoms with E-state index in [1.807, 2.05) is 37.4 Å². The van der Waals surface area contributed by atoms with Crippen LogP contribution in [0, 0.1) is 6.92 Å². The van der Waals surface area contributed by atoms with Gasteiger partial charge in [-0.1, -0.05) is 17.7 Å². The summed E-state index contributed by atoms with van der Waals surface area (Å²) in [6.07, 6.45) is 0.618. The standard InChI is InChI=1S/C14H17ClN2OS/c1-9(18-13-5-3-4-11(15)6-13)14(16)7-12-8-19-10(2)17-12/h3-6,8-9,14H,7,16H2,1-2H3. The van der Waals surface area contributed by atoms with E-state index in [4.69, 9.17) is 22.1 Å². The summed E-state index contributed by atoms with van der Waals surface area (Å²) >= 11 is 7.56. The third-order valence-corrected chi connectivity index (χ3v) is 3.89. The topological polar surface area (TPSA) is 48.1 Å². The summed E-state index contributed by atoms with van der Waals surface area (Å²) in [5.74, 6) is 0.741. The zero-order valence-electron chi connectivity index (χ0n) is 11.0. The molecule has 0 saturated carbocycles. The molecule has 2 atom stereocenters. The molecule has 1 aromatic heterocycles. The third kappa shape index (κ3) is 4.20. The summed E-state index contributed by atoms with van der Waals surface area (Å²) in [6, 6.07) is 7.25. The normalized spacial score (nSPS) is 14.1. The van der Waals surface area contributed by atoms with Crippen LogP contribution < -0.4 is 10.5 Å². The first-order chi connectivity index (χ1) is 9.04. The predicted octanol–water partition coefficient (Wildman–Crippen LogP) is 3.44. The average molecular weight is 297 g/mol. The Labute approximate surface area is 122 Å². The summed E-state index contributed by atoms with van der Waals surface area (Å²) < 4.78 is 5.80. The molecule has 1 aromatic carbocycles. The van der Waals surface area contributed by atoms with Gasteiger partial charge in [0.05, 0.1) is 10.7 Å². The molecule has 5 heteroatoms. The SMILES string of the molecule is Cc1nc(CC(N)C(C)Oc2cccc(Cl)c2)cs1. The molecule has 0 saturated heterocycles. The zero-order valence-corrected chi connectivity index (χ0v) is 12.5. The second-order valence-electron chi connectivity index (χ2n) is 4.51. The van der Waals surface area contributed by atoms with Gasteiger partial charge in [0.2, 0.25) is 0 Å². The monoisotopic (exact) mass is 296 g/mol. The Morgan fingerprint density at radius 1 is 1.47 bits per heavy atom. The Balaban J connectivity index is 1.93. The molecule has 1 heterocycles. The quantitative estimate of drug-likeness (QED) is 0.919. The van der Waals surface area contributed by atoms with Crippen LogP contribution in [0.4, 0.5) is 0 Å². The molecule has 3 nitrogen and oxygen atoms in total. The third-order valence-electron chi connectivity index (χ3n) is 2.83. The molecule has 102 valence electrons. The summed E-state index contributed by atoms with van der Waals surface area (Å²) in [7, 11) is 0. The van der Waals surface area contributed by atoms with E-state index < -0.39 is 0 Å². The van der Waals surface area contributed by atoms with E-state index in [1.165, 1.54) is 0 Å². The Kier molecular flexibility index (Phi) is 4.80. The highest BCUT2D eigenvalue weighted by molar-refractivity contribution is 7.09. The first-order valence-corrected chi connectivity index (χ1v) is 7.39. The largest absolute Gasteiger partial charge is 0.489 e. The lowest BCUT2D eigenvalue weighted by Crippen LogP contribution is -2.38. The van der Waals surface area contributed by atoms with Gasteiger partial charge in [0.25, 0.3) is 0 Å². The Bertz CT molecular complexity index is 544. The van der Waals surface area contributed by atoms with Crippen LogP contribution in [-0.2, 0) is 6.42 Å². The van der Waals surface area contributed by atoms with Crippen LogP contribution in [0.2, 0.25) is 5.02 Å². The van der Waals surface area contributed by atoms with Gasteiger partial charge in [0.15, 0.2) is 0 Å². The lowest BCUT2D eigenvalue weighted by Gasteiger charge is -2.21. The van der Waals surface area contributed by atoms with Crippen molar-refractivity contribution in [1.29, 1.82) is 0 Å². The number of nitrogens with two attached hydrogens (primary N) is 1. The lowest BCUT2D eigenvalue weighted by molar-refractivity contribution is 0.188. The van der Waals surface area contributed by atoms with Crippen LogP contribution in [-0.4, -0.2) is 17.1 Å². The molecule has 0 spiro atoms. The van der Waals surface area contributed by atoms with Crippen LogP contribution in [0.15, 0.2) is 29.6 Å². The molecule has 19 heavy (non-hydrogen) atoms. The minimum atomic E-state index is -0.0968. The van der Waals surface area contributed by atoms with Gasteiger partial charge in [-0.25, -0.2) is 4.98 Å². The number of aromatic nitrogens is 1. The summed E-state index contributed by atoms with van der Waals surface area (Å²) in [4.78, 5) is 4.42. The van der Waals surface area contributed by atoms with Gasteiger partial charge in [-0.2, -0.15) is 0 Å². The number of ether oxygens (including phenoxy) is 1. The smallest absolute Gasteiger partial charge is 0.121 e. The molecule has 0 bridgehead atoms. The van der Waals surface area contributed by atoms with Crippen molar-refractivity contribution in [3.05, 3.63) is 45.4 Å². The molecule has 0 aliphatic heterocycles.